The van der Waals surface area contributed by atoms with Gasteiger partial charge in [0.2, 0.25) is 0 Å². The predicted octanol–water partition coefficient (Wildman–Crippen LogP) is 4.31. The zero-order chi connectivity index (χ0) is 19.3. The van der Waals surface area contributed by atoms with E-state index in [0.717, 1.165) is 9.48 Å². The number of carbonyl (C=O) groups is 1. The highest BCUT2D eigenvalue weighted by atomic mass is 79.9. The van der Waals surface area contributed by atoms with Crippen molar-refractivity contribution in [3.05, 3.63) is 62.5 Å². The van der Waals surface area contributed by atoms with Crippen LogP contribution in [0.2, 0.25) is 10.0 Å². The molecule has 1 aliphatic heterocycles. The van der Waals surface area contributed by atoms with Gasteiger partial charge in [0.15, 0.2) is 0 Å². The van der Waals surface area contributed by atoms with Gasteiger partial charge in [0.05, 0.1) is 5.02 Å². The van der Waals surface area contributed by atoms with Crippen LogP contribution in [0.15, 0.2) is 51.8 Å². The highest BCUT2D eigenvalue weighted by molar-refractivity contribution is 9.10. The van der Waals surface area contributed by atoms with E-state index in [4.69, 9.17) is 34.8 Å². The van der Waals surface area contributed by atoms with Gasteiger partial charge in [-0.15, -0.1) is 16.4 Å². The van der Waals surface area contributed by atoms with Crippen LogP contribution in [-0.2, 0) is 20.4 Å². The van der Waals surface area contributed by atoms with Crippen LogP contribution in [0.5, 0.6) is 0 Å². The molecule has 1 N–H and O–H groups in total. The lowest BCUT2D eigenvalue weighted by Crippen LogP contribution is -2.73. The summed E-state index contributed by atoms with van der Waals surface area (Å²) in [6, 6.07) is 11.2. The first-order chi connectivity index (χ1) is 12.1. The van der Waals surface area contributed by atoms with Gasteiger partial charge in [-0.05, 0) is 42.8 Å². The number of amides is 1. The maximum Gasteiger partial charge on any atom is 0.259 e. The molecule has 1 aliphatic rings. The average Bonchev–Trinajstić information content (AvgIpc) is 2.61. The minimum absolute atomic E-state index is 0.0114. The van der Waals surface area contributed by atoms with E-state index in [1.54, 1.807) is 31.2 Å². The third-order valence-electron chi connectivity index (χ3n) is 4.22. The van der Waals surface area contributed by atoms with Crippen molar-refractivity contribution in [2.75, 3.05) is 0 Å². The van der Waals surface area contributed by atoms with Crippen LogP contribution in [0.3, 0.4) is 0 Å². The van der Waals surface area contributed by atoms with Crippen molar-refractivity contribution in [2.45, 2.75) is 22.7 Å². The third-order valence-corrected chi connectivity index (χ3v) is 7.37. The summed E-state index contributed by atoms with van der Waals surface area (Å²) in [4.78, 5) is 14.3. The lowest BCUT2D eigenvalue weighted by molar-refractivity contribution is -0.158. The number of benzene rings is 2. The normalized spacial score (nSPS) is 23.0. The van der Waals surface area contributed by atoms with Crippen LogP contribution >= 0.6 is 50.7 Å². The van der Waals surface area contributed by atoms with Gasteiger partial charge in [-0.3, -0.25) is 9.80 Å². The number of nitrogens with one attached hydrogen (secondary N) is 1. The molecule has 1 heterocycles. The molecule has 0 saturated carbocycles. The molecular weight excluding hydrogens is 487 g/mol. The molecule has 3 rings (SSSR count). The topological polar surface area (TPSA) is 66.5 Å². The Labute approximate surface area is 174 Å². The van der Waals surface area contributed by atoms with E-state index in [1.165, 1.54) is 18.2 Å². The first-order valence-electron chi connectivity index (χ1n) is 7.29. The van der Waals surface area contributed by atoms with Crippen molar-refractivity contribution in [2.24, 2.45) is 0 Å². The molecule has 2 aromatic rings. The minimum Gasteiger partial charge on any atom is -0.272 e. The molecule has 26 heavy (non-hydrogen) atoms. The molecular formula is C16H12BrCl3N2O3S. The molecule has 0 spiro atoms. The lowest BCUT2D eigenvalue weighted by Gasteiger charge is -2.52. The minimum atomic E-state index is -4.15. The Hall–Kier alpha value is -0.830. The number of nitrogens with zero attached hydrogens (tertiary/aromatic N) is 1. The van der Waals surface area contributed by atoms with E-state index < -0.39 is 26.8 Å². The molecule has 1 amide bonds. The average molecular weight is 499 g/mol. The van der Waals surface area contributed by atoms with Crippen LogP contribution in [-0.4, -0.2) is 24.7 Å². The maximum absolute atomic E-state index is 12.7. The van der Waals surface area contributed by atoms with E-state index in [9.17, 15) is 13.2 Å². The van der Waals surface area contributed by atoms with Crippen molar-refractivity contribution in [1.82, 2.24) is 9.84 Å². The SMILES string of the molecule is CC1(c2ccc(Br)cc2)C(Cl)C(=O)N1NS(=O)(=O)c1cc(Cl)ccc1Cl. The van der Waals surface area contributed by atoms with E-state index in [2.05, 4.69) is 20.8 Å². The Bertz CT molecular complexity index is 985. The fraction of sp³-hybridized carbons (Fsp3) is 0.188. The number of sulfonamides is 1. The Balaban J connectivity index is 1.98. The number of hydrogen-bond acceptors (Lipinski definition) is 3. The Kier molecular flexibility index (Phi) is 5.33. The summed E-state index contributed by atoms with van der Waals surface area (Å²) in [5.74, 6) is -0.557. The monoisotopic (exact) mass is 496 g/mol. The second kappa shape index (κ2) is 6.96. The molecule has 1 fully saturated rings. The second-order valence-corrected chi connectivity index (χ2v) is 9.69. The van der Waals surface area contributed by atoms with Gasteiger partial charge in [-0.1, -0.05) is 51.3 Å². The summed E-state index contributed by atoms with van der Waals surface area (Å²) in [7, 11) is -4.15. The predicted molar refractivity (Wildman–Crippen MR) is 105 cm³/mol. The summed E-state index contributed by atoms with van der Waals surface area (Å²) in [5, 5.41) is 0.278. The maximum atomic E-state index is 12.7. The summed E-state index contributed by atoms with van der Waals surface area (Å²) in [5.41, 5.74) is -0.377. The van der Waals surface area contributed by atoms with Gasteiger partial charge in [-0.25, -0.2) is 8.42 Å². The number of carbonyl (C=O) groups excluding carboxylic acids is 1. The quantitative estimate of drug-likeness (QED) is 0.505. The number of halogens is 4. The van der Waals surface area contributed by atoms with E-state index in [0.29, 0.717) is 5.56 Å². The van der Waals surface area contributed by atoms with Gasteiger partial charge in [0.1, 0.15) is 15.8 Å². The molecule has 0 radical (unpaired) electrons. The van der Waals surface area contributed by atoms with E-state index in [1.807, 2.05) is 0 Å². The first kappa shape index (κ1) is 19.9. The number of alkyl halides is 1. The molecule has 10 heteroatoms. The van der Waals surface area contributed by atoms with Gasteiger partial charge < -0.3 is 0 Å². The number of hydrazine groups is 1. The molecule has 2 unspecified atom stereocenters. The second-order valence-electron chi connectivity index (χ2n) is 5.86. The van der Waals surface area contributed by atoms with Crippen molar-refractivity contribution in [1.29, 1.82) is 0 Å². The van der Waals surface area contributed by atoms with Crippen LogP contribution in [0.1, 0.15) is 12.5 Å². The number of β-lactam (4-membered cyclic amide) rings is 1. The highest BCUT2D eigenvalue weighted by Crippen LogP contribution is 2.44. The van der Waals surface area contributed by atoms with Gasteiger partial charge in [-0.2, -0.15) is 0 Å². The summed E-state index contributed by atoms with van der Waals surface area (Å²) in [6.07, 6.45) is 0. The third kappa shape index (κ3) is 3.25. The standard InChI is InChI=1S/C16H12BrCl3N2O3S/c1-16(9-2-4-10(17)5-3-9)14(20)15(23)22(16)21-26(24,25)13-8-11(18)6-7-12(13)19/h2-8,14,21H,1H3. The molecule has 0 aliphatic carbocycles. The largest absolute Gasteiger partial charge is 0.272 e. The fourth-order valence-electron chi connectivity index (χ4n) is 2.68. The van der Waals surface area contributed by atoms with Gasteiger partial charge in [0.25, 0.3) is 15.9 Å². The van der Waals surface area contributed by atoms with E-state index >= 15 is 0 Å². The first-order valence-corrected chi connectivity index (χ1v) is 10.8. The molecule has 0 bridgehead atoms. The van der Waals surface area contributed by atoms with Crippen LogP contribution < -0.4 is 4.83 Å². The summed E-state index contributed by atoms with van der Waals surface area (Å²) >= 11 is 21.4. The summed E-state index contributed by atoms with van der Waals surface area (Å²) < 4.78 is 26.3. The van der Waals surface area contributed by atoms with Crippen molar-refractivity contribution in [3.63, 3.8) is 0 Å². The molecule has 1 saturated heterocycles. The number of hydrogen-bond donors (Lipinski definition) is 1. The fourth-order valence-corrected chi connectivity index (χ4v) is 5.15. The number of rotatable bonds is 4. The Morgan fingerprint density at radius 3 is 2.38 bits per heavy atom. The molecule has 2 atom stereocenters. The molecule has 138 valence electrons. The Morgan fingerprint density at radius 1 is 1.15 bits per heavy atom. The van der Waals surface area contributed by atoms with Crippen LogP contribution in [0, 0.1) is 0 Å². The van der Waals surface area contributed by atoms with E-state index in [-0.39, 0.29) is 14.9 Å². The van der Waals surface area contributed by atoms with Crippen LogP contribution in [0.4, 0.5) is 0 Å². The summed E-state index contributed by atoms with van der Waals surface area (Å²) in [6.45, 7) is 1.68. The molecule has 5 nitrogen and oxygen atoms in total. The van der Waals surface area contributed by atoms with Gasteiger partial charge in [0, 0.05) is 9.50 Å². The van der Waals surface area contributed by atoms with Crippen molar-refractivity contribution in [3.8, 4) is 0 Å². The smallest absolute Gasteiger partial charge is 0.259 e. The Morgan fingerprint density at radius 2 is 1.77 bits per heavy atom. The molecule has 0 aromatic heterocycles. The molecule has 2 aromatic carbocycles. The van der Waals surface area contributed by atoms with Crippen molar-refractivity contribution < 1.29 is 13.2 Å². The van der Waals surface area contributed by atoms with Gasteiger partial charge >= 0.3 is 0 Å². The van der Waals surface area contributed by atoms with Crippen LogP contribution in [0.25, 0.3) is 0 Å². The lowest BCUT2D eigenvalue weighted by atomic mass is 9.80. The van der Waals surface area contributed by atoms with Crippen molar-refractivity contribution >= 4 is 66.7 Å². The highest BCUT2D eigenvalue weighted by Gasteiger charge is 2.59. The zero-order valence-electron chi connectivity index (χ0n) is 13.2. The zero-order valence-corrected chi connectivity index (χ0v) is 17.9.